The second kappa shape index (κ2) is 14.4. The zero-order chi connectivity index (χ0) is 29.4. The summed E-state index contributed by atoms with van der Waals surface area (Å²) in [5, 5.41) is 13.5. The van der Waals surface area contributed by atoms with E-state index in [0.29, 0.717) is 51.5 Å². The lowest BCUT2D eigenvalue weighted by Crippen LogP contribution is -2.54. The second-order valence-electron chi connectivity index (χ2n) is 9.50. The molecule has 2 atom stereocenters. The molecular weight excluding hydrogens is 587 g/mol. The van der Waals surface area contributed by atoms with E-state index in [9.17, 15) is 19.5 Å². The summed E-state index contributed by atoms with van der Waals surface area (Å²) in [6.07, 6.45) is 2.35. The number of benzene rings is 2. The van der Waals surface area contributed by atoms with Crippen molar-refractivity contribution < 1.29 is 24.2 Å². The summed E-state index contributed by atoms with van der Waals surface area (Å²) in [7, 11) is 1.68. The highest BCUT2D eigenvalue weighted by molar-refractivity contribution is 7.99. The van der Waals surface area contributed by atoms with E-state index < -0.39 is 24.0 Å². The molecule has 216 valence electrons. The molecule has 0 aliphatic carbocycles. The fourth-order valence-electron chi connectivity index (χ4n) is 4.24. The molecule has 1 aliphatic rings. The van der Waals surface area contributed by atoms with E-state index in [-0.39, 0.29) is 19.1 Å². The van der Waals surface area contributed by atoms with Gasteiger partial charge in [0.05, 0.1) is 5.88 Å². The topological polar surface area (TPSA) is 112 Å². The average molecular weight is 618 g/mol. The molecule has 0 radical (unpaired) electrons. The first-order chi connectivity index (χ1) is 19.7. The number of rotatable bonds is 11. The molecule has 2 unspecified atom stereocenters. The van der Waals surface area contributed by atoms with Crippen LogP contribution in [0, 0.1) is 0 Å². The van der Waals surface area contributed by atoms with Gasteiger partial charge in [-0.05, 0) is 42.0 Å². The van der Waals surface area contributed by atoms with Crippen molar-refractivity contribution in [1.82, 2.24) is 20.1 Å². The van der Waals surface area contributed by atoms with Gasteiger partial charge in [0.25, 0.3) is 0 Å². The van der Waals surface area contributed by atoms with Gasteiger partial charge in [-0.15, -0.1) is 11.8 Å². The van der Waals surface area contributed by atoms with Crippen molar-refractivity contribution in [3.05, 3.63) is 93.7 Å². The number of carbonyl (C=O) groups excluding carboxylic acids is 2. The molecule has 3 aromatic rings. The number of thioether (sulfide) groups is 1. The molecule has 12 heteroatoms. The Hall–Kier alpha value is -3.47. The summed E-state index contributed by atoms with van der Waals surface area (Å²) in [5.41, 5.74) is 2.24. The van der Waals surface area contributed by atoms with E-state index in [4.69, 9.17) is 27.9 Å². The summed E-state index contributed by atoms with van der Waals surface area (Å²) < 4.78 is 5.79. The first-order valence-corrected chi connectivity index (χ1v) is 14.8. The van der Waals surface area contributed by atoms with Crippen molar-refractivity contribution in [2.45, 2.75) is 31.5 Å². The summed E-state index contributed by atoms with van der Waals surface area (Å²) >= 11 is 13.8. The van der Waals surface area contributed by atoms with E-state index in [0.717, 1.165) is 5.69 Å². The van der Waals surface area contributed by atoms with Gasteiger partial charge in [0.15, 0.2) is 0 Å². The number of nitrogens with one attached hydrogen (secondary N) is 1. The molecular formula is C29H30Cl2N4O5S. The normalized spacial score (nSPS) is 15.3. The van der Waals surface area contributed by atoms with E-state index in [1.54, 1.807) is 60.6 Å². The number of nitrogens with zero attached hydrogens (tertiary/aromatic N) is 3. The number of likely N-dealkylation sites (N-methyl/N-ethyl adjacent to an activating group) is 1. The maximum Gasteiger partial charge on any atom is 0.326 e. The highest BCUT2D eigenvalue weighted by atomic mass is 35.5. The Balaban J connectivity index is 1.32. The number of urea groups is 1. The van der Waals surface area contributed by atoms with Gasteiger partial charge in [-0.3, -0.25) is 9.78 Å². The maximum absolute atomic E-state index is 13.1. The lowest BCUT2D eigenvalue weighted by Gasteiger charge is -2.29. The summed E-state index contributed by atoms with van der Waals surface area (Å²) in [5.74, 6) is -0.360. The number of aromatic nitrogens is 1. The zero-order valence-corrected chi connectivity index (χ0v) is 24.7. The molecule has 0 bridgehead atoms. The Morgan fingerprint density at radius 3 is 2.51 bits per heavy atom. The molecule has 1 aliphatic heterocycles. The van der Waals surface area contributed by atoms with Crippen LogP contribution in [0.3, 0.4) is 0 Å². The third kappa shape index (κ3) is 8.28. The van der Waals surface area contributed by atoms with Gasteiger partial charge < -0.3 is 25.0 Å². The molecule has 2 aromatic carbocycles. The highest BCUT2D eigenvalue weighted by Gasteiger charge is 2.37. The largest absolute Gasteiger partial charge is 0.489 e. The SMILES string of the molecule is CN(CCc1ccccn1)C(=O)N1CSCC1C(=O)NC(Cc1ccc(OCc2c(Cl)cccc2Cl)cc1)C(=O)O. The molecule has 1 fully saturated rings. The number of hydrogen-bond donors (Lipinski definition) is 2. The Bertz CT molecular complexity index is 1340. The Kier molecular flexibility index (Phi) is 10.7. The van der Waals surface area contributed by atoms with Crippen LogP contribution >= 0.6 is 35.0 Å². The van der Waals surface area contributed by atoms with Crippen LogP contribution in [-0.4, -0.2) is 75.1 Å². The van der Waals surface area contributed by atoms with Crippen LogP contribution in [-0.2, 0) is 29.0 Å². The van der Waals surface area contributed by atoms with Crippen molar-refractivity contribution >= 4 is 52.9 Å². The predicted octanol–water partition coefficient (Wildman–Crippen LogP) is 4.75. The number of aliphatic carboxylic acids is 1. The predicted molar refractivity (Wildman–Crippen MR) is 159 cm³/mol. The van der Waals surface area contributed by atoms with Crippen LogP contribution in [0.25, 0.3) is 0 Å². The third-order valence-corrected chi connectivity index (χ3v) is 8.33. The summed E-state index contributed by atoms with van der Waals surface area (Å²) in [6, 6.07) is 15.5. The number of ether oxygens (including phenoxy) is 1. The average Bonchev–Trinajstić information content (AvgIpc) is 3.46. The van der Waals surface area contributed by atoms with Gasteiger partial charge in [-0.1, -0.05) is 47.5 Å². The molecule has 1 saturated heterocycles. The minimum absolute atomic E-state index is 0.0650. The monoisotopic (exact) mass is 616 g/mol. The van der Waals surface area contributed by atoms with Gasteiger partial charge in [0.2, 0.25) is 5.91 Å². The molecule has 2 N–H and O–H groups in total. The van der Waals surface area contributed by atoms with Crippen LogP contribution in [0.2, 0.25) is 10.0 Å². The van der Waals surface area contributed by atoms with Gasteiger partial charge in [0, 0.05) is 59.7 Å². The molecule has 0 saturated carbocycles. The fourth-order valence-corrected chi connectivity index (χ4v) is 5.90. The summed E-state index contributed by atoms with van der Waals surface area (Å²) in [4.78, 5) is 45.6. The first kappa shape index (κ1) is 30.5. The van der Waals surface area contributed by atoms with Crippen molar-refractivity contribution in [3.63, 3.8) is 0 Å². The van der Waals surface area contributed by atoms with Crippen LogP contribution in [0.1, 0.15) is 16.8 Å². The van der Waals surface area contributed by atoms with Gasteiger partial charge in [-0.2, -0.15) is 0 Å². The van der Waals surface area contributed by atoms with Crippen LogP contribution in [0.15, 0.2) is 66.9 Å². The quantitative estimate of drug-likeness (QED) is 0.320. The van der Waals surface area contributed by atoms with E-state index in [1.165, 1.54) is 16.7 Å². The molecule has 4 rings (SSSR count). The molecule has 0 spiro atoms. The standard InChI is InChI=1S/C29H30Cl2N4O5S/c1-34(14-12-20-5-2-3-13-32-20)29(39)35-18-41-17-26(35)27(36)33-25(28(37)38)15-19-8-10-21(11-9-19)40-16-22-23(30)6-4-7-24(22)31/h2-11,13,25-26H,12,14-18H2,1H3,(H,33,36)(H,37,38). The number of carbonyl (C=O) groups is 3. The minimum Gasteiger partial charge on any atom is -0.489 e. The zero-order valence-electron chi connectivity index (χ0n) is 22.3. The summed E-state index contributed by atoms with van der Waals surface area (Å²) in [6.45, 7) is 0.618. The number of hydrogen-bond acceptors (Lipinski definition) is 6. The lowest BCUT2D eigenvalue weighted by molar-refractivity contribution is -0.142. The minimum atomic E-state index is -1.17. The lowest BCUT2D eigenvalue weighted by atomic mass is 10.1. The smallest absolute Gasteiger partial charge is 0.326 e. The second-order valence-corrected chi connectivity index (χ2v) is 11.3. The van der Waals surface area contributed by atoms with Crippen molar-refractivity contribution in [3.8, 4) is 5.75 Å². The van der Waals surface area contributed by atoms with Gasteiger partial charge in [0.1, 0.15) is 24.4 Å². The van der Waals surface area contributed by atoms with Crippen molar-refractivity contribution in [2.24, 2.45) is 0 Å². The molecule has 3 amide bonds. The molecule has 41 heavy (non-hydrogen) atoms. The Morgan fingerprint density at radius 2 is 1.85 bits per heavy atom. The Labute approximate surface area is 252 Å². The third-order valence-electron chi connectivity index (χ3n) is 6.61. The van der Waals surface area contributed by atoms with Gasteiger partial charge >= 0.3 is 12.0 Å². The van der Waals surface area contributed by atoms with Crippen molar-refractivity contribution in [2.75, 3.05) is 25.2 Å². The van der Waals surface area contributed by atoms with E-state index in [2.05, 4.69) is 10.3 Å². The number of amides is 3. The number of carboxylic acids is 1. The molecule has 2 heterocycles. The molecule has 9 nitrogen and oxygen atoms in total. The van der Waals surface area contributed by atoms with Crippen LogP contribution in [0.4, 0.5) is 4.79 Å². The van der Waals surface area contributed by atoms with Crippen LogP contribution < -0.4 is 10.1 Å². The Morgan fingerprint density at radius 1 is 1.12 bits per heavy atom. The van der Waals surface area contributed by atoms with E-state index >= 15 is 0 Å². The fraction of sp³-hybridized carbons (Fsp3) is 0.310. The van der Waals surface area contributed by atoms with Crippen LogP contribution in [0.5, 0.6) is 5.75 Å². The number of pyridine rings is 1. The van der Waals surface area contributed by atoms with Gasteiger partial charge in [-0.25, -0.2) is 9.59 Å². The number of carboxylic acid groups (broad SMARTS) is 1. The van der Waals surface area contributed by atoms with E-state index in [1.807, 2.05) is 18.2 Å². The highest BCUT2D eigenvalue weighted by Crippen LogP contribution is 2.26. The number of halogens is 2. The van der Waals surface area contributed by atoms with Crippen molar-refractivity contribution in [1.29, 1.82) is 0 Å². The first-order valence-electron chi connectivity index (χ1n) is 12.9. The molecule has 1 aromatic heterocycles. The maximum atomic E-state index is 13.1.